The number of nitrogen functional groups attached to an aromatic ring is 1. The van der Waals surface area contributed by atoms with Gasteiger partial charge in [0.1, 0.15) is 5.15 Å². The van der Waals surface area contributed by atoms with E-state index in [-0.39, 0.29) is 5.95 Å². The average molecular weight is 247 g/mol. The lowest BCUT2D eigenvalue weighted by atomic mass is 10.5. The molecule has 0 amide bonds. The largest absolute Gasteiger partial charge is 0.366 e. The quantitative estimate of drug-likeness (QED) is 0.721. The molecule has 0 aliphatic carbocycles. The minimum absolute atomic E-state index is 0.218. The Morgan fingerprint density at radius 3 is 3.00 bits per heavy atom. The molecule has 0 bridgehead atoms. The molecule has 0 atom stereocenters. The summed E-state index contributed by atoms with van der Waals surface area (Å²) < 4.78 is 2.24. The number of pyridine rings is 1. The number of fused-ring (bicyclic) bond motifs is 1. The molecule has 0 aliphatic heterocycles. The predicted octanol–water partition coefficient (Wildman–Crippen LogP) is 1.73. The summed E-state index contributed by atoms with van der Waals surface area (Å²) in [6, 6.07) is 3.57. The number of hydrogen-bond donors (Lipinski definition) is 1. The molecule has 0 fully saturated rings. The van der Waals surface area contributed by atoms with E-state index in [1.54, 1.807) is 12.1 Å². The summed E-state index contributed by atoms with van der Waals surface area (Å²) in [4.78, 5) is 3.94. The van der Waals surface area contributed by atoms with Crippen LogP contribution in [0.4, 0.5) is 5.95 Å². The van der Waals surface area contributed by atoms with E-state index in [1.165, 1.54) is 4.52 Å². The molecule has 0 unspecified atom stereocenters. The van der Waals surface area contributed by atoms with Crippen molar-refractivity contribution in [1.82, 2.24) is 14.6 Å². The van der Waals surface area contributed by atoms with Crippen LogP contribution >= 0.6 is 27.5 Å². The van der Waals surface area contributed by atoms with Crippen LogP contribution in [-0.4, -0.2) is 14.6 Å². The summed E-state index contributed by atoms with van der Waals surface area (Å²) in [6.45, 7) is 0. The molecule has 2 aromatic rings. The minimum atomic E-state index is 0.218. The van der Waals surface area contributed by atoms with Crippen LogP contribution in [0.5, 0.6) is 0 Å². The first kappa shape index (κ1) is 7.82. The second kappa shape index (κ2) is 2.60. The van der Waals surface area contributed by atoms with Crippen LogP contribution in [0.25, 0.3) is 5.65 Å². The molecule has 0 saturated carbocycles. The van der Waals surface area contributed by atoms with E-state index in [1.807, 2.05) is 0 Å². The summed E-state index contributed by atoms with van der Waals surface area (Å²) in [5.41, 5.74) is 6.03. The lowest BCUT2D eigenvalue weighted by molar-refractivity contribution is 0.964. The zero-order valence-electron chi connectivity index (χ0n) is 5.83. The van der Waals surface area contributed by atoms with E-state index >= 15 is 0 Å². The predicted molar refractivity (Wildman–Crippen MR) is 50.1 cm³/mol. The number of nitrogens with zero attached hydrogens (tertiary/aromatic N) is 3. The fourth-order valence-corrected chi connectivity index (χ4v) is 1.40. The molecule has 62 valence electrons. The van der Waals surface area contributed by atoms with Crippen LogP contribution in [-0.2, 0) is 0 Å². The van der Waals surface area contributed by atoms with E-state index in [2.05, 4.69) is 26.0 Å². The molecule has 12 heavy (non-hydrogen) atoms. The van der Waals surface area contributed by atoms with Gasteiger partial charge in [-0.2, -0.15) is 9.50 Å². The molecule has 0 saturated heterocycles. The standard InChI is InChI=1S/C6H4BrClN4/c7-3-1-2-4-10-6(9)11-12(4)5(3)8/h1-2H,(H2,9,11). The van der Waals surface area contributed by atoms with Gasteiger partial charge in [-0.05, 0) is 28.1 Å². The van der Waals surface area contributed by atoms with Crippen molar-refractivity contribution in [1.29, 1.82) is 0 Å². The maximum absolute atomic E-state index is 5.90. The topological polar surface area (TPSA) is 56.2 Å². The SMILES string of the molecule is Nc1nc2ccc(Br)c(Cl)n2n1. The Kier molecular flexibility index (Phi) is 1.69. The van der Waals surface area contributed by atoms with Crippen LogP contribution in [0, 0.1) is 0 Å². The van der Waals surface area contributed by atoms with Crippen molar-refractivity contribution < 1.29 is 0 Å². The van der Waals surface area contributed by atoms with Crippen molar-refractivity contribution in [2.24, 2.45) is 0 Å². The molecule has 2 N–H and O–H groups in total. The van der Waals surface area contributed by atoms with Gasteiger partial charge in [0.15, 0.2) is 5.65 Å². The third-order valence-electron chi connectivity index (χ3n) is 1.41. The Morgan fingerprint density at radius 2 is 2.25 bits per heavy atom. The zero-order valence-corrected chi connectivity index (χ0v) is 8.17. The molecular formula is C6H4BrClN4. The molecule has 2 heterocycles. The van der Waals surface area contributed by atoms with Gasteiger partial charge in [0, 0.05) is 0 Å². The fourth-order valence-electron chi connectivity index (χ4n) is 0.911. The highest BCUT2D eigenvalue weighted by molar-refractivity contribution is 9.10. The Morgan fingerprint density at radius 1 is 1.50 bits per heavy atom. The molecule has 0 aromatic carbocycles. The van der Waals surface area contributed by atoms with E-state index in [4.69, 9.17) is 17.3 Å². The van der Waals surface area contributed by atoms with Crippen molar-refractivity contribution in [2.45, 2.75) is 0 Å². The number of nitrogens with two attached hydrogens (primary N) is 1. The zero-order chi connectivity index (χ0) is 8.72. The van der Waals surface area contributed by atoms with Gasteiger partial charge in [-0.15, -0.1) is 5.10 Å². The van der Waals surface area contributed by atoms with E-state index in [0.29, 0.717) is 10.8 Å². The van der Waals surface area contributed by atoms with Crippen molar-refractivity contribution >= 4 is 39.1 Å². The first-order chi connectivity index (χ1) is 5.68. The van der Waals surface area contributed by atoms with Gasteiger partial charge in [-0.25, -0.2) is 0 Å². The number of anilines is 1. The lowest BCUT2D eigenvalue weighted by Crippen LogP contribution is -1.91. The maximum Gasteiger partial charge on any atom is 0.240 e. The smallest absolute Gasteiger partial charge is 0.240 e. The van der Waals surface area contributed by atoms with Crippen molar-refractivity contribution in [2.75, 3.05) is 5.73 Å². The second-order valence-corrected chi connectivity index (χ2v) is 3.42. The molecule has 4 nitrogen and oxygen atoms in total. The molecule has 2 aromatic heterocycles. The minimum Gasteiger partial charge on any atom is -0.366 e. The number of aromatic nitrogens is 3. The molecule has 0 aliphatic rings. The highest BCUT2D eigenvalue weighted by Crippen LogP contribution is 2.22. The van der Waals surface area contributed by atoms with Gasteiger partial charge in [0.25, 0.3) is 0 Å². The Balaban J connectivity index is 2.89. The summed E-state index contributed by atoms with van der Waals surface area (Å²) in [5, 5.41) is 4.36. The van der Waals surface area contributed by atoms with E-state index in [0.717, 1.165) is 4.47 Å². The lowest BCUT2D eigenvalue weighted by Gasteiger charge is -1.96. The second-order valence-electron chi connectivity index (χ2n) is 2.21. The Hall–Kier alpha value is -0.810. The monoisotopic (exact) mass is 246 g/mol. The van der Waals surface area contributed by atoms with Gasteiger partial charge >= 0.3 is 0 Å². The summed E-state index contributed by atoms with van der Waals surface area (Å²) >= 11 is 9.16. The van der Waals surface area contributed by atoms with Gasteiger partial charge in [0.2, 0.25) is 5.95 Å². The Labute approximate surface area is 81.5 Å². The van der Waals surface area contributed by atoms with Crippen molar-refractivity contribution in [3.63, 3.8) is 0 Å². The van der Waals surface area contributed by atoms with Crippen LogP contribution in [0.3, 0.4) is 0 Å². The van der Waals surface area contributed by atoms with Crippen molar-refractivity contribution in [3.8, 4) is 0 Å². The number of hydrogen-bond acceptors (Lipinski definition) is 3. The highest BCUT2D eigenvalue weighted by Gasteiger charge is 2.05. The molecule has 0 radical (unpaired) electrons. The first-order valence-electron chi connectivity index (χ1n) is 3.15. The van der Waals surface area contributed by atoms with Crippen LogP contribution in [0.15, 0.2) is 16.6 Å². The number of rotatable bonds is 0. The molecule has 6 heteroatoms. The van der Waals surface area contributed by atoms with Crippen molar-refractivity contribution in [3.05, 3.63) is 21.8 Å². The summed E-state index contributed by atoms with van der Waals surface area (Å²) in [5.74, 6) is 0.218. The fraction of sp³-hybridized carbons (Fsp3) is 0. The van der Waals surface area contributed by atoms with Gasteiger partial charge < -0.3 is 5.73 Å². The first-order valence-corrected chi connectivity index (χ1v) is 4.32. The normalized spacial score (nSPS) is 10.8. The maximum atomic E-state index is 5.90. The van der Waals surface area contributed by atoms with Gasteiger partial charge in [-0.1, -0.05) is 11.6 Å². The molecule has 2 rings (SSSR count). The average Bonchev–Trinajstić information content (AvgIpc) is 2.39. The van der Waals surface area contributed by atoms with E-state index < -0.39 is 0 Å². The van der Waals surface area contributed by atoms with Crippen LogP contribution in [0.2, 0.25) is 5.15 Å². The summed E-state index contributed by atoms with van der Waals surface area (Å²) in [7, 11) is 0. The van der Waals surface area contributed by atoms with Crippen LogP contribution in [0.1, 0.15) is 0 Å². The highest BCUT2D eigenvalue weighted by atomic mass is 79.9. The van der Waals surface area contributed by atoms with E-state index in [9.17, 15) is 0 Å². The van der Waals surface area contributed by atoms with Gasteiger partial charge in [0.05, 0.1) is 4.47 Å². The summed E-state index contributed by atoms with van der Waals surface area (Å²) in [6.07, 6.45) is 0. The number of halogens is 2. The molecule has 0 spiro atoms. The Bertz CT molecular complexity index is 438. The van der Waals surface area contributed by atoms with Gasteiger partial charge in [-0.3, -0.25) is 0 Å². The third kappa shape index (κ3) is 1.05. The van der Waals surface area contributed by atoms with Crippen LogP contribution < -0.4 is 5.73 Å². The molecular weight excluding hydrogens is 243 g/mol. The third-order valence-corrected chi connectivity index (χ3v) is 2.64.